The monoisotopic (exact) mass is 652 g/mol. The van der Waals surface area contributed by atoms with E-state index in [2.05, 4.69) is 78.0 Å². The molecule has 9 nitrogen and oxygen atoms in total. The van der Waals surface area contributed by atoms with Crippen LogP contribution in [-0.4, -0.2) is 80.2 Å². The SMILES string of the molecule is CC(C)(C)[Si](C)(C)OCC12CC(C(=O)O)(C1)C2.CNOC.CON(C)C(=O)C12CC(CO[Si](C)(C)C(C)(C)C)(C1)C2.Cl. The summed E-state index contributed by atoms with van der Waals surface area (Å²) >= 11 is 0. The molecule has 248 valence electrons. The number of carboxylic acids is 1. The zero-order valence-electron chi connectivity index (χ0n) is 28.9. The van der Waals surface area contributed by atoms with Crippen LogP contribution < -0.4 is 5.48 Å². The summed E-state index contributed by atoms with van der Waals surface area (Å²) in [5.74, 6) is -0.471. The van der Waals surface area contributed by atoms with E-state index in [0.717, 1.165) is 51.7 Å². The second-order valence-electron chi connectivity index (χ2n) is 16.4. The quantitative estimate of drug-likeness (QED) is 0.200. The Hall–Kier alpha value is -0.536. The Bertz CT molecular complexity index is 921. The zero-order chi connectivity index (χ0) is 31.9. The fourth-order valence-electron chi connectivity index (χ4n) is 6.27. The Morgan fingerprint density at radius 1 is 0.786 bits per heavy atom. The van der Waals surface area contributed by atoms with Crippen molar-refractivity contribution in [1.29, 1.82) is 0 Å². The molecule has 1 amide bonds. The number of aliphatic carboxylic acids is 1. The minimum Gasteiger partial charge on any atom is -0.481 e. The Kier molecular flexibility index (Phi) is 12.3. The highest BCUT2D eigenvalue weighted by Crippen LogP contribution is 2.74. The van der Waals surface area contributed by atoms with E-state index in [1.54, 1.807) is 28.3 Å². The maximum atomic E-state index is 12.2. The van der Waals surface area contributed by atoms with Crippen molar-refractivity contribution in [2.24, 2.45) is 21.7 Å². The molecule has 0 aromatic heterocycles. The predicted molar refractivity (Wildman–Crippen MR) is 174 cm³/mol. The van der Waals surface area contributed by atoms with Crippen molar-refractivity contribution in [2.45, 2.75) is 116 Å². The molecule has 0 radical (unpaired) electrons. The molecule has 4 bridgehead atoms. The van der Waals surface area contributed by atoms with E-state index in [-0.39, 0.29) is 50.1 Å². The molecule has 2 N–H and O–H groups in total. The molecule has 0 aromatic rings. The Morgan fingerprint density at radius 3 is 1.33 bits per heavy atom. The first-order valence-corrected chi connectivity index (χ1v) is 20.8. The number of halogens is 1. The van der Waals surface area contributed by atoms with Crippen LogP contribution in [0.5, 0.6) is 0 Å². The summed E-state index contributed by atoms with van der Waals surface area (Å²) in [5.41, 5.74) is 2.42. The number of hydrogen-bond acceptors (Lipinski definition) is 7. The number of carbonyl (C=O) groups excluding carboxylic acids is 1. The smallest absolute Gasteiger partial charge is 0.309 e. The lowest BCUT2D eigenvalue weighted by molar-refractivity contribution is -0.247. The summed E-state index contributed by atoms with van der Waals surface area (Å²) in [5, 5.41) is 10.9. The maximum Gasteiger partial charge on any atom is 0.309 e. The average Bonchev–Trinajstić information content (AvgIpc) is 2.73. The number of nitrogens with one attached hydrogen (secondary N) is 1. The summed E-state index contributed by atoms with van der Waals surface area (Å²) in [6.07, 6.45) is 5.43. The molecule has 6 aliphatic carbocycles. The molecule has 42 heavy (non-hydrogen) atoms. The molecule has 0 unspecified atom stereocenters. The van der Waals surface area contributed by atoms with Crippen molar-refractivity contribution >= 4 is 40.9 Å². The van der Waals surface area contributed by atoms with Gasteiger partial charge in [-0.3, -0.25) is 14.4 Å². The van der Waals surface area contributed by atoms with Crippen LogP contribution in [-0.2, 0) is 28.1 Å². The third kappa shape index (κ3) is 7.81. The van der Waals surface area contributed by atoms with E-state index in [1.165, 1.54) is 5.06 Å². The van der Waals surface area contributed by atoms with Crippen LogP contribution in [0.4, 0.5) is 0 Å². The van der Waals surface area contributed by atoms with Crippen LogP contribution in [0, 0.1) is 21.7 Å². The molecule has 6 fully saturated rings. The molecule has 0 aromatic carbocycles. The number of carboxylic acid groups (broad SMARTS) is 1. The first-order valence-electron chi connectivity index (χ1n) is 14.9. The topological polar surface area (TPSA) is 107 Å². The highest BCUT2D eigenvalue weighted by Gasteiger charge is 2.73. The fourth-order valence-corrected chi connectivity index (χ4v) is 8.47. The molecule has 12 heteroatoms. The highest BCUT2D eigenvalue weighted by atomic mass is 35.5. The van der Waals surface area contributed by atoms with Gasteiger partial charge in [0.1, 0.15) is 0 Å². The third-order valence-electron chi connectivity index (χ3n) is 11.0. The lowest BCUT2D eigenvalue weighted by atomic mass is 9.35. The second kappa shape index (κ2) is 13.1. The standard InChI is InChI=1S/C15H29NO3Si.C13H24O3Si.C2H7NO.ClH/c1-13(2,3)20(6,7)19-11-14-8-15(9-14,10-14)12(17)16(4)18-5;1-11(2,3)17(4,5)16-9-12-6-13(7-12,8-12)10(14)15;1-3-4-2;/h8-11H2,1-7H3;6-9H2,1-5H3,(H,14,15);3H,1-2H3;1H. The van der Waals surface area contributed by atoms with E-state index in [4.69, 9.17) is 18.8 Å². The van der Waals surface area contributed by atoms with Gasteiger partial charge < -0.3 is 18.8 Å². The molecule has 0 spiro atoms. The molecular weight excluding hydrogens is 592 g/mol. The van der Waals surface area contributed by atoms with E-state index in [9.17, 15) is 9.59 Å². The van der Waals surface area contributed by atoms with Gasteiger partial charge in [0.2, 0.25) is 0 Å². The Balaban J connectivity index is 0.000000368. The number of carbonyl (C=O) groups is 2. The molecule has 0 heterocycles. The molecular formula is C30H61ClN2O7Si2. The lowest BCUT2D eigenvalue weighted by Gasteiger charge is -2.70. The van der Waals surface area contributed by atoms with E-state index < -0.39 is 22.6 Å². The maximum absolute atomic E-state index is 12.2. The lowest BCUT2D eigenvalue weighted by Crippen LogP contribution is -2.69. The van der Waals surface area contributed by atoms with E-state index in [1.807, 2.05) is 0 Å². The van der Waals surface area contributed by atoms with Crippen molar-refractivity contribution in [1.82, 2.24) is 10.5 Å². The zero-order valence-corrected chi connectivity index (χ0v) is 31.7. The predicted octanol–water partition coefficient (Wildman–Crippen LogP) is 6.65. The number of nitrogens with zero attached hydrogens (tertiary/aromatic N) is 1. The number of amides is 1. The van der Waals surface area contributed by atoms with Crippen LogP contribution in [0.1, 0.15) is 80.1 Å². The van der Waals surface area contributed by atoms with Crippen molar-refractivity contribution in [3.63, 3.8) is 0 Å². The second-order valence-corrected chi connectivity index (χ2v) is 26.0. The average molecular weight is 653 g/mol. The molecule has 6 saturated carbocycles. The normalized spacial score (nSPS) is 30.7. The van der Waals surface area contributed by atoms with Crippen molar-refractivity contribution < 1.29 is 33.2 Å². The van der Waals surface area contributed by atoms with Crippen molar-refractivity contribution in [3.8, 4) is 0 Å². The van der Waals surface area contributed by atoms with Crippen LogP contribution in [0.3, 0.4) is 0 Å². The van der Waals surface area contributed by atoms with Crippen LogP contribution in [0.2, 0.25) is 36.3 Å². The van der Waals surface area contributed by atoms with Gasteiger partial charge >= 0.3 is 5.97 Å². The molecule has 0 atom stereocenters. The van der Waals surface area contributed by atoms with Gasteiger partial charge in [-0.15, -0.1) is 12.4 Å². The Labute approximate surface area is 263 Å². The van der Waals surface area contributed by atoms with Gasteiger partial charge in [-0.05, 0) is 85.6 Å². The summed E-state index contributed by atoms with van der Waals surface area (Å²) < 4.78 is 12.5. The van der Waals surface area contributed by atoms with Gasteiger partial charge in [-0.1, -0.05) is 41.5 Å². The van der Waals surface area contributed by atoms with E-state index >= 15 is 0 Å². The highest BCUT2D eigenvalue weighted by molar-refractivity contribution is 6.74. The van der Waals surface area contributed by atoms with Gasteiger partial charge in [0.15, 0.2) is 16.6 Å². The molecule has 0 aliphatic heterocycles. The third-order valence-corrected chi connectivity index (χ3v) is 20.0. The fraction of sp³-hybridized carbons (Fsp3) is 0.933. The summed E-state index contributed by atoms with van der Waals surface area (Å²) in [7, 11) is 3.17. The van der Waals surface area contributed by atoms with E-state index in [0.29, 0.717) is 0 Å². The Morgan fingerprint density at radius 2 is 1.10 bits per heavy atom. The van der Waals surface area contributed by atoms with Gasteiger partial charge in [-0.25, -0.2) is 10.5 Å². The first kappa shape index (κ1) is 39.5. The molecule has 0 saturated heterocycles. The van der Waals surface area contributed by atoms with Crippen LogP contribution in [0.15, 0.2) is 0 Å². The summed E-state index contributed by atoms with van der Waals surface area (Å²) in [6.45, 7) is 24.2. The largest absolute Gasteiger partial charge is 0.481 e. The van der Waals surface area contributed by atoms with Crippen LogP contribution >= 0.6 is 12.4 Å². The summed E-state index contributed by atoms with van der Waals surface area (Å²) in [4.78, 5) is 32.5. The van der Waals surface area contributed by atoms with Crippen molar-refractivity contribution in [3.05, 3.63) is 0 Å². The molecule has 6 rings (SSSR count). The van der Waals surface area contributed by atoms with Gasteiger partial charge in [0, 0.05) is 27.3 Å². The number of hydrogen-bond donors (Lipinski definition) is 2. The minimum absolute atomic E-state index is 0. The number of hydroxylamine groups is 3. The summed E-state index contributed by atoms with van der Waals surface area (Å²) in [6, 6.07) is 0. The van der Waals surface area contributed by atoms with Gasteiger partial charge in [-0.2, -0.15) is 0 Å². The molecule has 6 aliphatic rings. The van der Waals surface area contributed by atoms with Gasteiger partial charge in [0.25, 0.3) is 5.91 Å². The minimum atomic E-state index is -1.67. The first-order chi connectivity index (χ1) is 18.4. The van der Waals surface area contributed by atoms with Gasteiger partial charge in [0.05, 0.1) is 25.0 Å². The van der Waals surface area contributed by atoms with Crippen LogP contribution in [0.25, 0.3) is 0 Å². The number of rotatable bonds is 10. The van der Waals surface area contributed by atoms with Crippen molar-refractivity contribution in [2.75, 3.05) is 41.5 Å².